The molecule has 0 aliphatic heterocycles. The molecular weight excluding hydrogens is 410 g/mol. The molecule has 0 saturated carbocycles. The Balaban J connectivity index is 2.03. The van der Waals surface area contributed by atoms with E-state index in [0.717, 1.165) is 10.0 Å². The molecule has 2 amide bonds. The molecule has 2 N–H and O–H groups in total. The molecule has 0 spiro atoms. The fraction of sp³-hybridized carbons (Fsp3) is 0.350. The minimum Gasteiger partial charge on any atom is -0.444 e. The van der Waals surface area contributed by atoms with Crippen molar-refractivity contribution in [2.45, 2.75) is 38.8 Å². The van der Waals surface area contributed by atoms with Crippen LogP contribution < -0.4 is 10.6 Å². The number of nitrogens with zero attached hydrogens (tertiary/aromatic N) is 1. The molecule has 1 atom stereocenters. The maximum Gasteiger partial charge on any atom is 0.407 e. The number of pyridine rings is 1. The van der Waals surface area contributed by atoms with Crippen LogP contribution in [0.5, 0.6) is 0 Å². The van der Waals surface area contributed by atoms with Crippen LogP contribution in [0.2, 0.25) is 0 Å². The lowest BCUT2D eigenvalue weighted by Crippen LogP contribution is -2.46. The molecule has 0 aliphatic carbocycles. The first-order valence-corrected chi connectivity index (χ1v) is 9.45. The third-order valence-electron chi connectivity index (χ3n) is 3.51. The molecule has 0 fully saturated rings. The molecule has 2 rings (SSSR count). The topological polar surface area (TPSA) is 80.3 Å². The number of aromatic nitrogens is 1. The Kier molecular flexibility index (Phi) is 7.36. The van der Waals surface area contributed by atoms with Crippen molar-refractivity contribution in [1.29, 1.82) is 0 Å². The van der Waals surface area contributed by atoms with Crippen molar-refractivity contribution in [1.82, 2.24) is 15.6 Å². The molecule has 0 aliphatic rings. The number of hydrogen-bond acceptors (Lipinski definition) is 4. The van der Waals surface area contributed by atoms with Crippen molar-refractivity contribution in [2.24, 2.45) is 0 Å². The minimum absolute atomic E-state index is 0.242. The van der Waals surface area contributed by atoms with E-state index in [4.69, 9.17) is 4.74 Å². The van der Waals surface area contributed by atoms with E-state index in [1.807, 2.05) is 30.3 Å². The highest BCUT2D eigenvalue weighted by molar-refractivity contribution is 9.10. The van der Waals surface area contributed by atoms with Crippen molar-refractivity contribution in [3.05, 3.63) is 64.4 Å². The van der Waals surface area contributed by atoms with Gasteiger partial charge < -0.3 is 15.4 Å². The number of nitrogens with one attached hydrogen (secondary N) is 2. The third kappa shape index (κ3) is 7.78. The van der Waals surface area contributed by atoms with Crippen LogP contribution in [-0.2, 0) is 11.2 Å². The van der Waals surface area contributed by atoms with E-state index >= 15 is 0 Å². The average Bonchev–Trinajstić information content (AvgIpc) is 2.59. The Morgan fingerprint density at radius 2 is 1.85 bits per heavy atom. The number of rotatable bonds is 6. The summed E-state index contributed by atoms with van der Waals surface area (Å²) in [7, 11) is 0. The van der Waals surface area contributed by atoms with Gasteiger partial charge in [0, 0.05) is 17.2 Å². The summed E-state index contributed by atoms with van der Waals surface area (Å²) < 4.78 is 6.06. The summed E-state index contributed by atoms with van der Waals surface area (Å²) in [6.45, 7) is 5.64. The first-order valence-electron chi connectivity index (χ1n) is 8.66. The quantitative estimate of drug-likeness (QED) is 0.727. The predicted molar refractivity (Wildman–Crippen MR) is 108 cm³/mol. The van der Waals surface area contributed by atoms with E-state index in [1.165, 1.54) is 0 Å². The van der Waals surface area contributed by atoms with E-state index in [-0.39, 0.29) is 18.5 Å². The van der Waals surface area contributed by atoms with Gasteiger partial charge in [0.05, 0.1) is 6.04 Å². The smallest absolute Gasteiger partial charge is 0.407 e. The summed E-state index contributed by atoms with van der Waals surface area (Å²) in [5.74, 6) is -0.297. The molecule has 0 radical (unpaired) electrons. The van der Waals surface area contributed by atoms with Gasteiger partial charge in [-0.1, -0.05) is 30.3 Å². The highest BCUT2D eigenvalue weighted by Gasteiger charge is 2.19. The van der Waals surface area contributed by atoms with E-state index in [2.05, 4.69) is 31.5 Å². The average molecular weight is 434 g/mol. The third-order valence-corrected chi connectivity index (χ3v) is 3.98. The number of benzene rings is 1. The van der Waals surface area contributed by atoms with Crippen molar-refractivity contribution >= 4 is 27.9 Å². The molecule has 27 heavy (non-hydrogen) atoms. The zero-order valence-electron chi connectivity index (χ0n) is 15.7. The van der Waals surface area contributed by atoms with Gasteiger partial charge in [0.25, 0.3) is 5.91 Å². The van der Waals surface area contributed by atoms with Crippen LogP contribution in [0, 0.1) is 0 Å². The van der Waals surface area contributed by atoms with Gasteiger partial charge in [-0.2, -0.15) is 0 Å². The highest BCUT2D eigenvalue weighted by Crippen LogP contribution is 2.09. The van der Waals surface area contributed by atoms with Gasteiger partial charge in [0.15, 0.2) is 0 Å². The van der Waals surface area contributed by atoms with Crippen LogP contribution in [-0.4, -0.2) is 35.2 Å². The van der Waals surface area contributed by atoms with Gasteiger partial charge in [-0.3, -0.25) is 4.79 Å². The van der Waals surface area contributed by atoms with Gasteiger partial charge >= 0.3 is 6.09 Å². The van der Waals surface area contributed by atoms with Crippen molar-refractivity contribution in [3.63, 3.8) is 0 Å². The monoisotopic (exact) mass is 433 g/mol. The van der Waals surface area contributed by atoms with Gasteiger partial charge in [-0.15, -0.1) is 0 Å². The minimum atomic E-state index is -0.580. The zero-order valence-corrected chi connectivity index (χ0v) is 17.2. The number of halogens is 1. The van der Waals surface area contributed by atoms with Crippen LogP contribution in [0.3, 0.4) is 0 Å². The summed E-state index contributed by atoms with van der Waals surface area (Å²) in [5.41, 5.74) is 0.787. The van der Waals surface area contributed by atoms with Crippen molar-refractivity contribution in [2.75, 3.05) is 6.54 Å². The summed E-state index contributed by atoms with van der Waals surface area (Å²) in [5, 5.41) is 5.65. The zero-order chi connectivity index (χ0) is 19.9. The van der Waals surface area contributed by atoms with Crippen molar-refractivity contribution < 1.29 is 14.3 Å². The van der Waals surface area contributed by atoms with Crippen LogP contribution >= 0.6 is 15.9 Å². The number of alkyl carbamates (subject to hydrolysis) is 1. The van der Waals surface area contributed by atoms with Crippen LogP contribution in [0.1, 0.15) is 36.8 Å². The molecule has 2 aromatic rings. The lowest BCUT2D eigenvalue weighted by Gasteiger charge is -2.23. The Morgan fingerprint density at radius 3 is 2.44 bits per heavy atom. The second-order valence-corrected chi connectivity index (χ2v) is 8.02. The molecule has 6 nitrogen and oxygen atoms in total. The van der Waals surface area contributed by atoms with Gasteiger partial charge in [0.1, 0.15) is 11.3 Å². The molecule has 1 unspecified atom stereocenters. The number of amides is 2. The second-order valence-electron chi connectivity index (χ2n) is 7.10. The summed E-state index contributed by atoms with van der Waals surface area (Å²) >= 11 is 3.30. The summed E-state index contributed by atoms with van der Waals surface area (Å²) in [6, 6.07) is 12.8. The van der Waals surface area contributed by atoms with Crippen LogP contribution in [0.25, 0.3) is 0 Å². The van der Waals surface area contributed by atoms with Crippen LogP contribution in [0.4, 0.5) is 4.79 Å². The van der Waals surface area contributed by atoms with Gasteiger partial charge in [0.2, 0.25) is 0 Å². The highest BCUT2D eigenvalue weighted by atomic mass is 79.9. The van der Waals surface area contributed by atoms with E-state index in [9.17, 15) is 9.59 Å². The number of carbonyl (C=O) groups excluding carboxylic acids is 2. The van der Waals surface area contributed by atoms with E-state index in [1.54, 1.807) is 39.1 Å². The summed E-state index contributed by atoms with van der Waals surface area (Å²) in [6.07, 6.45) is 1.62. The molecule has 1 aromatic heterocycles. The summed E-state index contributed by atoms with van der Waals surface area (Å²) in [4.78, 5) is 28.6. The molecule has 0 saturated heterocycles. The Hall–Kier alpha value is -2.41. The SMILES string of the molecule is CC(C)(C)OC(=O)NCC(Cc1ccccc1)NC(=O)c1ccc(Br)cn1. The first kappa shape index (κ1) is 20.9. The first-order chi connectivity index (χ1) is 12.7. The lowest BCUT2D eigenvalue weighted by molar-refractivity contribution is 0.0519. The number of hydrogen-bond donors (Lipinski definition) is 2. The van der Waals surface area contributed by atoms with Crippen LogP contribution in [0.15, 0.2) is 53.1 Å². The van der Waals surface area contributed by atoms with E-state index < -0.39 is 11.7 Å². The molecule has 1 aromatic carbocycles. The lowest BCUT2D eigenvalue weighted by atomic mass is 10.1. The van der Waals surface area contributed by atoms with Crippen molar-refractivity contribution in [3.8, 4) is 0 Å². The largest absolute Gasteiger partial charge is 0.444 e. The predicted octanol–water partition coefficient (Wildman–Crippen LogP) is 3.71. The Bertz CT molecular complexity index is 758. The number of ether oxygens (including phenoxy) is 1. The normalized spacial score (nSPS) is 12.1. The number of carbonyl (C=O) groups is 2. The second kappa shape index (κ2) is 9.50. The molecule has 0 bridgehead atoms. The van der Waals surface area contributed by atoms with E-state index in [0.29, 0.717) is 12.1 Å². The standard InChI is InChI=1S/C20H24BrN3O3/c1-20(2,3)27-19(26)23-13-16(11-14-7-5-4-6-8-14)24-18(25)17-10-9-15(21)12-22-17/h4-10,12,16H,11,13H2,1-3H3,(H,23,26)(H,24,25). The maximum atomic E-state index is 12.5. The fourth-order valence-electron chi connectivity index (χ4n) is 2.36. The Morgan fingerprint density at radius 1 is 1.15 bits per heavy atom. The van der Waals surface area contributed by atoms with Gasteiger partial charge in [-0.05, 0) is 60.8 Å². The fourth-order valence-corrected chi connectivity index (χ4v) is 2.60. The molecule has 7 heteroatoms. The van der Waals surface area contributed by atoms with Gasteiger partial charge in [-0.25, -0.2) is 9.78 Å². The molecule has 144 valence electrons. The maximum absolute atomic E-state index is 12.5. The Labute approximate surface area is 167 Å². The molecule has 1 heterocycles. The molecular formula is C20H24BrN3O3.